The molecule has 12 nitrogen and oxygen atoms in total. The van der Waals surface area contributed by atoms with Gasteiger partial charge in [-0.25, -0.2) is 0 Å². The molecule has 9 aliphatic rings. The molecule has 0 aromatic rings. The van der Waals surface area contributed by atoms with Gasteiger partial charge in [0.2, 0.25) is 0 Å². The lowest BCUT2D eigenvalue weighted by Gasteiger charge is -2.20. The van der Waals surface area contributed by atoms with Gasteiger partial charge in [0.15, 0.2) is 0 Å². The normalized spacial score (nSPS) is 52.1. The molecule has 9 aliphatic heterocycles. The molecule has 9 saturated heterocycles. The predicted octanol–water partition coefficient (Wildman–Crippen LogP) is -1.44. The van der Waals surface area contributed by atoms with E-state index < -0.39 is 6.10 Å². The van der Waals surface area contributed by atoms with Crippen LogP contribution in [0.4, 0.5) is 0 Å². The molecule has 0 radical (unpaired) electrons. The number of aliphatic hydroxyl groups is 3. The number of fused-ring (bicyclic) bond motifs is 15. The Hall–Kier alpha value is -1.83. The van der Waals surface area contributed by atoms with Crippen LogP contribution in [0.25, 0.3) is 0 Å². The second-order valence-electron chi connectivity index (χ2n) is 11.1. The van der Waals surface area contributed by atoms with Crippen molar-refractivity contribution in [2.75, 3.05) is 26.9 Å². The molecule has 9 heterocycles. The molecule has 206 valence electrons. The summed E-state index contributed by atoms with van der Waals surface area (Å²) in [6.45, 7) is 1.52. The van der Waals surface area contributed by atoms with Crippen LogP contribution in [0.15, 0.2) is 0 Å². The van der Waals surface area contributed by atoms with E-state index in [0.29, 0.717) is 44.7 Å². The third-order valence-corrected chi connectivity index (χ3v) is 9.44. The minimum atomic E-state index is -0.457. The van der Waals surface area contributed by atoms with E-state index in [1.165, 1.54) is 0 Å². The van der Waals surface area contributed by atoms with E-state index >= 15 is 0 Å². The Labute approximate surface area is 213 Å². The average molecular weight is 527 g/mol. The summed E-state index contributed by atoms with van der Waals surface area (Å²) in [7, 11) is 1.00. The van der Waals surface area contributed by atoms with Gasteiger partial charge in [-0.2, -0.15) is 0 Å². The lowest BCUT2D eigenvalue weighted by Crippen LogP contribution is -2.37. The van der Waals surface area contributed by atoms with Crippen molar-refractivity contribution in [1.29, 1.82) is 0 Å². The number of cyclic esters (lactones) is 3. The highest BCUT2D eigenvalue weighted by atomic mass is 16.6. The van der Waals surface area contributed by atoms with Gasteiger partial charge in [-0.1, -0.05) is 0 Å². The smallest absolute Gasteiger partial charge is 0.312 e. The molecule has 0 spiro atoms. The van der Waals surface area contributed by atoms with Gasteiger partial charge in [-0.3, -0.25) is 14.4 Å². The maximum atomic E-state index is 11.2. The lowest BCUT2D eigenvalue weighted by molar-refractivity contribution is -0.145. The third kappa shape index (κ3) is 3.99. The zero-order valence-corrected chi connectivity index (χ0v) is 20.5. The first-order chi connectivity index (χ1) is 17.9. The summed E-state index contributed by atoms with van der Waals surface area (Å²) >= 11 is 0. The molecule has 14 atom stereocenters. The van der Waals surface area contributed by atoms with Gasteiger partial charge in [0, 0.05) is 37.7 Å². The van der Waals surface area contributed by atoms with Gasteiger partial charge in [0.05, 0.1) is 86.4 Å². The van der Waals surface area contributed by atoms with E-state index in [1.807, 2.05) is 0 Å². The van der Waals surface area contributed by atoms with Crippen LogP contribution in [0, 0.1) is 35.5 Å². The van der Waals surface area contributed by atoms with Gasteiger partial charge in [0.25, 0.3) is 0 Å². The summed E-state index contributed by atoms with van der Waals surface area (Å²) < 4.78 is 31.4. The second-order valence-corrected chi connectivity index (χ2v) is 11.1. The van der Waals surface area contributed by atoms with Crippen LogP contribution in [0.2, 0.25) is 0 Å². The first-order valence-corrected chi connectivity index (χ1v) is 13.2. The zero-order valence-electron chi connectivity index (χ0n) is 20.5. The Kier molecular flexibility index (Phi) is 6.69. The van der Waals surface area contributed by atoms with Crippen molar-refractivity contribution in [2.24, 2.45) is 35.5 Å². The van der Waals surface area contributed by atoms with Crippen LogP contribution < -0.4 is 0 Å². The number of esters is 3. The molecule has 0 aliphatic carbocycles. The average Bonchev–Trinajstić information content (AvgIpc) is 3.71. The van der Waals surface area contributed by atoms with Crippen molar-refractivity contribution in [3.63, 3.8) is 0 Å². The van der Waals surface area contributed by atoms with Crippen molar-refractivity contribution < 1.29 is 58.1 Å². The number of aliphatic hydroxyl groups excluding tert-OH is 3. The first-order valence-electron chi connectivity index (χ1n) is 13.2. The topological polar surface area (TPSA) is 167 Å². The largest absolute Gasteiger partial charge is 0.465 e. The van der Waals surface area contributed by atoms with Gasteiger partial charge in [-0.05, 0) is 12.8 Å². The van der Waals surface area contributed by atoms with Crippen molar-refractivity contribution in [1.82, 2.24) is 0 Å². The Morgan fingerprint density at radius 1 is 0.568 bits per heavy atom. The summed E-state index contributed by atoms with van der Waals surface area (Å²) in [6, 6.07) is 0. The highest BCUT2D eigenvalue weighted by Crippen LogP contribution is 2.48. The molecule has 0 saturated carbocycles. The number of rotatable bonds is 0. The van der Waals surface area contributed by atoms with Gasteiger partial charge < -0.3 is 43.7 Å². The third-order valence-electron chi connectivity index (χ3n) is 9.44. The van der Waals surface area contributed by atoms with Crippen LogP contribution in [0.3, 0.4) is 0 Å². The Morgan fingerprint density at radius 3 is 1.73 bits per heavy atom. The van der Waals surface area contributed by atoms with E-state index in [0.717, 1.165) is 20.0 Å². The van der Waals surface area contributed by atoms with E-state index in [-0.39, 0.29) is 84.1 Å². The maximum Gasteiger partial charge on any atom is 0.312 e. The molecule has 14 unspecified atom stereocenters. The van der Waals surface area contributed by atoms with Crippen LogP contribution in [0.5, 0.6) is 0 Å². The maximum absolute atomic E-state index is 11.2. The molecule has 37 heavy (non-hydrogen) atoms. The van der Waals surface area contributed by atoms with Crippen LogP contribution >= 0.6 is 0 Å². The molecule has 0 aromatic carbocycles. The monoisotopic (exact) mass is 526 g/mol. The number of hydrogen-bond donors (Lipinski definition) is 3. The SMILES string of the molecule is CO.O=C1OCC2C3CC(O)C(O3)C12.O=C1OCC2C3CCC(O3)C12.O=C1OCC2C3OC(CC3O)C12. The molecular formula is C25H34O12. The van der Waals surface area contributed by atoms with E-state index in [1.54, 1.807) is 0 Å². The van der Waals surface area contributed by atoms with Crippen LogP contribution in [-0.2, 0) is 42.8 Å². The number of hydrogen-bond acceptors (Lipinski definition) is 12. The molecule has 0 aromatic heterocycles. The fraction of sp³-hybridized carbons (Fsp3) is 0.880. The van der Waals surface area contributed by atoms with Crippen molar-refractivity contribution in [3.8, 4) is 0 Å². The number of ether oxygens (including phenoxy) is 6. The summed E-state index contributed by atoms with van der Waals surface area (Å²) in [5.74, 6) is 0.192. The highest BCUT2D eigenvalue weighted by Gasteiger charge is 2.61. The number of carbonyl (C=O) groups is 3. The Balaban J connectivity index is 0.0000000989. The summed E-state index contributed by atoms with van der Waals surface area (Å²) in [6.07, 6.45) is 2.68. The zero-order chi connectivity index (χ0) is 26.0. The van der Waals surface area contributed by atoms with Gasteiger partial charge >= 0.3 is 17.9 Å². The standard InChI is InChI=1S/2C8H10O4.C8H10O3.CH4O/c9-4-1-5-6-3(7(4)12-5)2-11-8(6)10;9-4-1-5-3-2-11-8(10)6(3)7(4)12-5;9-8-7-4(3-10-8)5-1-2-6(7)11-5;1-2/h2*3-7,9H,1-2H2;4-7H,1-3H2;2H,1H3. The van der Waals surface area contributed by atoms with Crippen molar-refractivity contribution >= 4 is 17.9 Å². The van der Waals surface area contributed by atoms with Crippen molar-refractivity contribution in [3.05, 3.63) is 0 Å². The minimum absolute atomic E-state index is 0.0257. The van der Waals surface area contributed by atoms with Crippen LogP contribution in [-0.4, -0.2) is 109 Å². The molecule has 9 rings (SSSR count). The van der Waals surface area contributed by atoms with E-state index in [9.17, 15) is 24.6 Å². The van der Waals surface area contributed by atoms with Crippen LogP contribution in [0.1, 0.15) is 25.7 Å². The molecule has 3 N–H and O–H groups in total. The minimum Gasteiger partial charge on any atom is -0.465 e. The Bertz CT molecular complexity index is 925. The van der Waals surface area contributed by atoms with Gasteiger partial charge in [-0.15, -0.1) is 0 Å². The summed E-state index contributed by atoms with van der Waals surface area (Å²) in [5.41, 5.74) is 0. The quantitative estimate of drug-likeness (QED) is 0.249. The first kappa shape index (κ1) is 25.4. The fourth-order valence-corrected chi connectivity index (χ4v) is 7.79. The molecule has 6 bridgehead atoms. The Morgan fingerprint density at radius 2 is 1.05 bits per heavy atom. The summed E-state index contributed by atoms with van der Waals surface area (Å²) in [5, 5.41) is 25.9. The van der Waals surface area contributed by atoms with E-state index in [2.05, 4.69) is 0 Å². The molecule has 0 amide bonds. The molecule has 12 heteroatoms. The second kappa shape index (κ2) is 9.73. The van der Waals surface area contributed by atoms with Crippen molar-refractivity contribution in [2.45, 2.75) is 74.5 Å². The van der Waals surface area contributed by atoms with E-state index in [4.69, 9.17) is 33.5 Å². The van der Waals surface area contributed by atoms with Gasteiger partial charge in [0.1, 0.15) is 0 Å². The fourth-order valence-electron chi connectivity index (χ4n) is 7.79. The lowest BCUT2D eigenvalue weighted by atomic mass is 9.80. The molecular weight excluding hydrogens is 492 g/mol. The highest BCUT2D eigenvalue weighted by molar-refractivity contribution is 5.77. The predicted molar refractivity (Wildman–Crippen MR) is 118 cm³/mol. The number of carbonyl (C=O) groups excluding carboxylic acids is 3. The summed E-state index contributed by atoms with van der Waals surface area (Å²) in [4.78, 5) is 33.5. The molecule has 9 fully saturated rings.